The van der Waals surface area contributed by atoms with Crippen LogP contribution in [0.1, 0.15) is 5.56 Å². The predicted molar refractivity (Wildman–Crippen MR) is 82.0 cm³/mol. The molecule has 0 bridgehead atoms. The highest BCUT2D eigenvalue weighted by Crippen LogP contribution is 2.12. The first-order valence-corrected chi connectivity index (χ1v) is 6.48. The van der Waals surface area contributed by atoms with Gasteiger partial charge >= 0.3 is 0 Å². The third-order valence-corrected chi connectivity index (χ3v) is 3.01. The zero-order chi connectivity index (χ0) is 14.5. The maximum absolute atomic E-state index is 5.67. The van der Waals surface area contributed by atoms with Crippen LogP contribution in [0.3, 0.4) is 0 Å². The van der Waals surface area contributed by atoms with E-state index >= 15 is 0 Å². The SMILES string of the molecule is CN(C)c1cc(CCN(C)c2nccc(N)n2)ccn1. The predicted octanol–water partition coefficient (Wildman–Crippen LogP) is 1.20. The summed E-state index contributed by atoms with van der Waals surface area (Å²) < 4.78 is 0. The molecule has 0 aliphatic carbocycles. The molecule has 0 saturated carbocycles. The lowest BCUT2D eigenvalue weighted by molar-refractivity contribution is 0.837. The fourth-order valence-electron chi connectivity index (χ4n) is 1.80. The highest BCUT2D eigenvalue weighted by atomic mass is 15.2. The largest absolute Gasteiger partial charge is 0.384 e. The molecule has 2 heterocycles. The third kappa shape index (κ3) is 3.57. The summed E-state index contributed by atoms with van der Waals surface area (Å²) in [4.78, 5) is 16.7. The van der Waals surface area contributed by atoms with E-state index in [4.69, 9.17) is 5.73 Å². The molecule has 6 heteroatoms. The molecule has 0 radical (unpaired) electrons. The number of rotatable bonds is 5. The van der Waals surface area contributed by atoms with Crippen molar-refractivity contribution >= 4 is 17.6 Å². The minimum absolute atomic E-state index is 0.487. The topological polar surface area (TPSA) is 71.2 Å². The second-order valence-electron chi connectivity index (χ2n) is 4.87. The van der Waals surface area contributed by atoms with E-state index in [0.29, 0.717) is 11.8 Å². The molecular formula is C14H20N6. The van der Waals surface area contributed by atoms with Crippen molar-refractivity contribution in [3.8, 4) is 0 Å². The summed E-state index contributed by atoms with van der Waals surface area (Å²) in [7, 11) is 5.93. The van der Waals surface area contributed by atoms with Crippen LogP contribution in [0, 0.1) is 0 Å². The number of nitrogens with two attached hydrogens (primary N) is 1. The van der Waals surface area contributed by atoms with E-state index in [1.54, 1.807) is 12.3 Å². The Labute approximate surface area is 119 Å². The lowest BCUT2D eigenvalue weighted by Crippen LogP contribution is -2.23. The van der Waals surface area contributed by atoms with E-state index < -0.39 is 0 Å². The van der Waals surface area contributed by atoms with Crippen molar-refractivity contribution in [3.63, 3.8) is 0 Å². The highest BCUT2D eigenvalue weighted by molar-refractivity contribution is 5.40. The van der Waals surface area contributed by atoms with Crippen molar-refractivity contribution in [2.45, 2.75) is 6.42 Å². The molecule has 0 aromatic carbocycles. The minimum Gasteiger partial charge on any atom is -0.384 e. The van der Waals surface area contributed by atoms with Gasteiger partial charge in [-0.25, -0.2) is 9.97 Å². The van der Waals surface area contributed by atoms with Crippen LogP contribution >= 0.6 is 0 Å². The van der Waals surface area contributed by atoms with E-state index in [1.165, 1.54) is 5.56 Å². The zero-order valence-corrected chi connectivity index (χ0v) is 12.1. The first-order chi connectivity index (χ1) is 9.56. The van der Waals surface area contributed by atoms with Gasteiger partial charge in [0.25, 0.3) is 0 Å². The zero-order valence-electron chi connectivity index (χ0n) is 12.1. The average Bonchev–Trinajstić information content (AvgIpc) is 2.45. The average molecular weight is 272 g/mol. The molecule has 0 fully saturated rings. The molecular weight excluding hydrogens is 252 g/mol. The number of hydrogen-bond acceptors (Lipinski definition) is 6. The monoisotopic (exact) mass is 272 g/mol. The van der Waals surface area contributed by atoms with E-state index in [1.807, 2.05) is 43.2 Å². The molecule has 0 spiro atoms. The molecule has 0 unspecified atom stereocenters. The quantitative estimate of drug-likeness (QED) is 0.882. The maximum atomic E-state index is 5.67. The van der Waals surface area contributed by atoms with Crippen LogP contribution in [0.2, 0.25) is 0 Å². The minimum atomic E-state index is 0.487. The standard InChI is InChI=1S/C14H20N6/c1-19(2)13-10-11(4-7-16-13)6-9-20(3)14-17-8-5-12(15)18-14/h4-5,7-8,10H,6,9H2,1-3H3,(H2,15,17,18). The molecule has 20 heavy (non-hydrogen) atoms. The van der Waals surface area contributed by atoms with Crippen molar-refractivity contribution in [1.82, 2.24) is 15.0 Å². The molecule has 0 saturated heterocycles. The first-order valence-electron chi connectivity index (χ1n) is 6.48. The number of likely N-dealkylation sites (N-methyl/N-ethyl adjacent to an activating group) is 1. The Morgan fingerprint density at radius 2 is 1.85 bits per heavy atom. The van der Waals surface area contributed by atoms with Crippen molar-refractivity contribution in [1.29, 1.82) is 0 Å². The van der Waals surface area contributed by atoms with Crippen LogP contribution in [-0.2, 0) is 6.42 Å². The fourth-order valence-corrected chi connectivity index (χ4v) is 1.80. The van der Waals surface area contributed by atoms with Crippen LogP contribution in [0.4, 0.5) is 17.6 Å². The number of hydrogen-bond donors (Lipinski definition) is 1. The van der Waals surface area contributed by atoms with Crippen LogP contribution in [0.15, 0.2) is 30.6 Å². The van der Waals surface area contributed by atoms with E-state index in [9.17, 15) is 0 Å². The third-order valence-electron chi connectivity index (χ3n) is 3.01. The molecule has 2 rings (SSSR count). The smallest absolute Gasteiger partial charge is 0.226 e. The Kier molecular flexibility index (Phi) is 4.34. The van der Waals surface area contributed by atoms with E-state index in [0.717, 1.165) is 18.8 Å². The Balaban J connectivity index is 1.99. The van der Waals surface area contributed by atoms with Gasteiger partial charge in [-0.3, -0.25) is 0 Å². The highest BCUT2D eigenvalue weighted by Gasteiger charge is 2.05. The molecule has 0 aliphatic heterocycles. The molecule has 2 aromatic heterocycles. The van der Waals surface area contributed by atoms with Crippen LogP contribution < -0.4 is 15.5 Å². The van der Waals surface area contributed by atoms with Gasteiger partial charge in [-0.1, -0.05) is 0 Å². The number of pyridine rings is 1. The number of nitrogen functional groups attached to an aromatic ring is 1. The Bertz CT molecular complexity index is 569. The Morgan fingerprint density at radius 3 is 2.55 bits per heavy atom. The van der Waals surface area contributed by atoms with Gasteiger partial charge in [-0.15, -0.1) is 0 Å². The molecule has 106 valence electrons. The van der Waals surface area contributed by atoms with Crippen molar-refractivity contribution in [3.05, 3.63) is 36.2 Å². The van der Waals surface area contributed by atoms with Gasteiger partial charge < -0.3 is 15.5 Å². The second-order valence-corrected chi connectivity index (χ2v) is 4.87. The summed E-state index contributed by atoms with van der Waals surface area (Å²) in [6.07, 6.45) is 4.41. The summed E-state index contributed by atoms with van der Waals surface area (Å²) in [6, 6.07) is 5.80. The molecule has 6 nitrogen and oxygen atoms in total. The van der Waals surface area contributed by atoms with Gasteiger partial charge in [0.05, 0.1) is 0 Å². The van der Waals surface area contributed by atoms with Crippen LogP contribution in [0.5, 0.6) is 0 Å². The summed E-state index contributed by atoms with van der Waals surface area (Å²) >= 11 is 0. The second kappa shape index (κ2) is 6.18. The maximum Gasteiger partial charge on any atom is 0.226 e. The van der Waals surface area contributed by atoms with Gasteiger partial charge in [0.1, 0.15) is 11.6 Å². The number of aromatic nitrogens is 3. The van der Waals surface area contributed by atoms with Gasteiger partial charge in [-0.05, 0) is 30.2 Å². The van der Waals surface area contributed by atoms with Gasteiger partial charge in [0.15, 0.2) is 0 Å². The lowest BCUT2D eigenvalue weighted by atomic mass is 10.2. The van der Waals surface area contributed by atoms with Crippen molar-refractivity contribution in [2.24, 2.45) is 0 Å². The number of anilines is 3. The molecule has 0 amide bonds. The summed E-state index contributed by atoms with van der Waals surface area (Å²) in [5.74, 6) is 2.10. The van der Waals surface area contributed by atoms with Gasteiger partial charge in [0.2, 0.25) is 5.95 Å². The van der Waals surface area contributed by atoms with Gasteiger partial charge in [0, 0.05) is 40.1 Å². The normalized spacial score (nSPS) is 10.3. The molecule has 2 aromatic rings. The first kappa shape index (κ1) is 14.0. The van der Waals surface area contributed by atoms with E-state index in [2.05, 4.69) is 21.0 Å². The van der Waals surface area contributed by atoms with E-state index in [-0.39, 0.29) is 0 Å². The van der Waals surface area contributed by atoms with Crippen LogP contribution in [-0.4, -0.2) is 42.6 Å². The van der Waals surface area contributed by atoms with Gasteiger partial charge in [-0.2, -0.15) is 4.98 Å². The fraction of sp³-hybridized carbons (Fsp3) is 0.357. The summed E-state index contributed by atoms with van der Waals surface area (Å²) in [5, 5.41) is 0. The Hall–Kier alpha value is -2.37. The summed E-state index contributed by atoms with van der Waals surface area (Å²) in [6.45, 7) is 0.820. The summed E-state index contributed by atoms with van der Waals surface area (Å²) in [5.41, 5.74) is 6.90. The number of nitrogens with zero attached hydrogens (tertiary/aromatic N) is 5. The molecule has 0 atom stereocenters. The van der Waals surface area contributed by atoms with Crippen molar-refractivity contribution in [2.75, 3.05) is 43.2 Å². The van der Waals surface area contributed by atoms with Crippen LogP contribution in [0.25, 0.3) is 0 Å². The molecule has 0 aliphatic rings. The Morgan fingerprint density at radius 1 is 1.10 bits per heavy atom. The lowest BCUT2D eigenvalue weighted by Gasteiger charge is -2.17. The molecule has 2 N–H and O–H groups in total. The van der Waals surface area contributed by atoms with Crippen molar-refractivity contribution < 1.29 is 0 Å².